The van der Waals surface area contributed by atoms with Crippen molar-refractivity contribution in [1.29, 1.82) is 0 Å². The summed E-state index contributed by atoms with van der Waals surface area (Å²) < 4.78 is 0. The SMILES string of the molecule is NCC1(Nc2ccccc2)CCC2(CCCC2)CC1. The normalized spacial score (nSPS) is 24.5. The van der Waals surface area contributed by atoms with Crippen LogP contribution >= 0.6 is 0 Å². The predicted molar refractivity (Wildman–Crippen MR) is 81.2 cm³/mol. The molecule has 3 N–H and O–H groups in total. The Morgan fingerprint density at radius 2 is 1.53 bits per heavy atom. The van der Waals surface area contributed by atoms with E-state index >= 15 is 0 Å². The van der Waals surface area contributed by atoms with Crippen molar-refractivity contribution in [3.8, 4) is 0 Å². The lowest BCUT2D eigenvalue weighted by Gasteiger charge is -2.45. The molecule has 2 fully saturated rings. The lowest BCUT2D eigenvalue weighted by atomic mass is 9.66. The molecule has 0 radical (unpaired) electrons. The van der Waals surface area contributed by atoms with Gasteiger partial charge in [-0.05, 0) is 56.1 Å². The van der Waals surface area contributed by atoms with Crippen molar-refractivity contribution in [2.24, 2.45) is 11.1 Å². The van der Waals surface area contributed by atoms with Gasteiger partial charge in [0.05, 0.1) is 0 Å². The van der Waals surface area contributed by atoms with Gasteiger partial charge in [-0.2, -0.15) is 0 Å². The molecule has 0 bridgehead atoms. The molecule has 1 aromatic rings. The van der Waals surface area contributed by atoms with Crippen LogP contribution in [-0.2, 0) is 0 Å². The Labute approximate surface area is 116 Å². The molecule has 0 heterocycles. The molecule has 2 heteroatoms. The van der Waals surface area contributed by atoms with Gasteiger partial charge in [0.1, 0.15) is 0 Å². The monoisotopic (exact) mass is 258 g/mol. The number of nitrogens with one attached hydrogen (secondary N) is 1. The van der Waals surface area contributed by atoms with Crippen molar-refractivity contribution < 1.29 is 0 Å². The van der Waals surface area contributed by atoms with Crippen LogP contribution in [0.2, 0.25) is 0 Å². The van der Waals surface area contributed by atoms with Crippen molar-refractivity contribution in [1.82, 2.24) is 0 Å². The zero-order chi connectivity index (χ0) is 13.2. The molecule has 104 valence electrons. The van der Waals surface area contributed by atoms with E-state index in [1.807, 2.05) is 0 Å². The molecular weight excluding hydrogens is 232 g/mol. The summed E-state index contributed by atoms with van der Waals surface area (Å²) in [7, 11) is 0. The van der Waals surface area contributed by atoms with Crippen LogP contribution in [0.4, 0.5) is 5.69 Å². The fraction of sp³-hybridized carbons (Fsp3) is 0.647. The summed E-state index contributed by atoms with van der Waals surface area (Å²) in [5.41, 5.74) is 8.14. The minimum atomic E-state index is 0.134. The molecule has 0 atom stereocenters. The van der Waals surface area contributed by atoms with Crippen molar-refractivity contribution >= 4 is 5.69 Å². The number of para-hydroxylation sites is 1. The van der Waals surface area contributed by atoms with Gasteiger partial charge in [-0.15, -0.1) is 0 Å². The number of anilines is 1. The maximum absolute atomic E-state index is 6.11. The van der Waals surface area contributed by atoms with E-state index in [1.54, 1.807) is 0 Å². The topological polar surface area (TPSA) is 38.0 Å². The summed E-state index contributed by atoms with van der Waals surface area (Å²) in [6.07, 6.45) is 11.0. The zero-order valence-corrected chi connectivity index (χ0v) is 11.8. The number of hydrogen-bond donors (Lipinski definition) is 2. The zero-order valence-electron chi connectivity index (χ0n) is 11.8. The molecule has 1 spiro atoms. The molecule has 2 nitrogen and oxygen atoms in total. The minimum Gasteiger partial charge on any atom is -0.378 e. The maximum atomic E-state index is 6.11. The summed E-state index contributed by atoms with van der Waals surface area (Å²) >= 11 is 0. The van der Waals surface area contributed by atoms with Crippen LogP contribution in [0, 0.1) is 5.41 Å². The quantitative estimate of drug-likeness (QED) is 0.862. The molecule has 2 saturated carbocycles. The Morgan fingerprint density at radius 3 is 2.11 bits per heavy atom. The van der Waals surface area contributed by atoms with Crippen molar-refractivity contribution in [3.05, 3.63) is 30.3 Å². The van der Waals surface area contributed by atoms with E-state index in [1.165, 1.54) is 57.1 Å². The third-order valence-corrected chi connectivity index (χ3v) is 5.51. The number of benzene rings is 1. The van der Waals surface area contributed by atoms with E-state index in [0.717, 1.165) is 6.54 Å². The van der Waals surface area contributed by atoms with Crippen LogP contribution in [0.15, 0.2) is 30.3 Å². The van der Waals surface area contributed by atoms with E-state index in [4.69, 9.17) is 5.73 Å². The molecule has 2 aliphatic carbocycles. The van der Waals surface area contributed by atoms with Crippen molar-refractivity contribution in [2.75, 3.05) is 11.9 Å². The maximum Gasteiger partial charge on any atom is 0.0496 e. The van der Waals surface area contributed by atoms with E-state index in [-0.39, 0.29) is 5.54 Å². The molecule has 0 aliphatic heterocycles. The van der Waals surface area contributed by atoms with Gasteiger partial charge in [-0.3, -0.25) is 0 Å². The van der Waals surface area contributed by atoms with Crippen molar-refractivity contribution in [3.63, 3.8) is 0 Å². The predicted octanol–water partition coefficient (Wildman–Crippen LogP) is 3.93. The highest BCUT2D eigenvalue weighted by Gasteiger charge is 2.43. The van der Waals surface area contributed by atoms with Gasteiger partial charge in [0, 0.05) is 17.8 Å². The van der Waals surface area contributed by atoms with Gasteiger partial charge < -0.3 is 11.1 Å². The lowest BCUT2D eigenvalue weighted by molar-refractivity contribution is 0.148. The lowest BCUT2D eigenvalue weighted by Crippen LogP contribution is -2.49. The van der Waals surface area contributed by atoms with Gasteiger partial charge in [0.15, 0.2) is 0 Å². The highest BCUT2D eigenvalue weighted by atomic mass is 15.0. The van der Waals surface area contributed by atoms with Gasteiger partial charge in [0.2, 0.25) is 0 Å². The third kappa shape index (κ3) is 2.64. The second kappa shape index (κ2) is 5.16. The molecule has 0 aromatic heterocycles. The molecule has 0 unspecified atom stereocenters. The van der Waals surface area contributed by atoms with Crippen LogP contribution in [-0.4, -0.2) is 12.1 Å². The third-order valence-electron chi connectivity index (χ3n) is 5.51. The molecule has 0 amide bonds. The number of rotatable bonds is 3. The van der Waals surface area contributed by atoms with E-state index in [2.05, 4.69) is 35.6 Å². The first-order valence-corrected chi connectivity index (χ1v) is 7.79. The first-order chi connectivity index (χ1) is 9.26. The fourth-order valence-corrected chi connectivity index (χ4v) is 4.09. The smallest absolute Gasteiger partial charge is 0.0496 e. The Kier molecular flexibility index (Phi) is 3.53. The van der Waals surface area contributed by atoms with Crippen LogP contribution < -0.4 is 11.1 Å². The average molecular weight is 258 g/mol. The highest BCUT2D eigenvalue weighted by Crippen LogP contribution is 2.51. The second-order valence-corrected chi connectivity index (χ2v) is 6.68. The Morgan fingerprint density at radius 1 is 0.895 bits per heavy atom. The Bertz CT molecular complexity index is 397. The van der Waals surface area contributed by atoms with Crippen LogP contribution in [0.5, 0.6) is 0 Å². The highest BCUT2D eigenvalue weighted by molar-refractivity contribution is 5.45. The van der Waals surface area contributed by atoms with E-state index < -0.39 is 0 Å². The molecular formula is C17H26N2. The van der Waals surface area contributed by atoms with Gasteiger partial charge in [-0.25, -0.2) is 0 Å². The molecule has 19 heavy (non-hydrogen) atoms. The van der Waals surface area contributed by atoms with Crippen LogP contribution in [0.3, 0.4) is 0 Å². The van der Waals surface area contributed by atoms with Gasteiger partial charge >= 0.3 is 0 Å². The first kappa shape index (κ1) is 13.0. The summed E-state index contributed by atoms with van der Waals surface area (Å²) in [6.45, 7) is 0.748. The number of nitrogens with two attached hydrogens (primary N) is 1. The van der Waals surface area contributed by atoms with E-state index in [9.17, 15) is 0 Å². The molecule has 0 saturated heterocycles. The summed E-state index contributed by atoms with van der Waals surface area (Å²) in [4.78, 5) is 0. The molecule has 1 aromatic carbocycles. The summed E-state index contributed by atoms with van der Waals surface area (Å²) in [5.74, 6) is 0. The van der Waals surface area contributed by atoms with Crippen molar-refractivity contribution in [2.45, 2.75) is 56.9 Å². The first-order valence-electron chi connectivity index (χ1n) is 7.79. The Hall–Kier alpha value is -1.02. The minimum absolute atomic E-state index is 0.134. The summed E-state index contributed by atoms with van der Waals surface area (Å²) in [5, 5.41) is 3.73. The van der Waals surface area contributed by atoms with Gasteiger partial charge in [-0.1, -0.05) is 31.0 Å². The Balaban J connectivity index is 1.68. The number of hydrogen-bond acceptors (Lipinski definition) is 2. The molecule has 3 rings (SSSR count). The molecule has 2 aliphatic rings. The van der Waals surface area contributed by atoms with Crippen LogP contribution in [0.1, 0.15) is 51.4 Å². The fourth-order valence-electron chi connectivity index (χ4n) is 4.09. The van der Waals surface area contributed by atoms with E-state index in [0.29, 0.717) is 5.41 Å². The summed E-state index contributed by atoms with van der Waals surface area (Å²) in [6, 6.07) is 10.5. The second-order valence-electron chi connectivity index (χ2n) is 6.68. The standard InChI is InChI=1S/C17H26N2/c18-14-17(19-15-6-2-1-3-7-15)12-10-16(11-13-17)8-4-5-9-16/h1-3,6-7,19H,4-5,8-14,18H2. The van der Waals surface area contributed by atoms with Gasteiger partial charge in [0.25, 0.3) is 0 Å². The average Bonchev–Trinajstić information content (AvgIpc) is 2.92. The largest absolute Gasteiger partial charge is 0.378 e. The van der Waals surface area contributed by atoms with Crippen LogP contribution in [0.25, 0.3) is 0 Å².